The number of hydrogen-bond acceptors (Lipinski definition) is 2. The molecule has 12 heavy (non-hydrogen) atoms. The van der Waals surface area contributed by atoms with Gasteiger partial charge in [-0.2, -0.15) is 0 Å². The second kappa shape index (κ2) is 4.33. The monoisotopic (exact) mass is 185 g/mol. The lowest BCUT2D eigenvalue weighted by Gasteiger charge is -2.04. The number of rotatable bonds is 3. The fourth-order valence-corrected chi connectivity index (χ4v) is 1.26. The Kier molecular flexibility index (Phi) is 3.38. The molecule has 0 unspecified atom stereocenters. The second-order valence-corrected chi connectivity index (χ2v) is 3.11. The second-order valence-electron chi connectivity index (χ2n) is 2.67. The van der Waals surface area contributed by atoms with Crippen molar-refractivity contribution in [2.75, 3.05) is 12.3 Å². The summed E-state index contributed by atoms with van der Waals surface area (Å²) in [5.74, 6) is 0. The predicted octanol–water partition coefficient (Wildman–Crippen LogP) is 1.85. The van der Waals surface area contributed by atoms with E-state index in [-0.39, 0.29) is 6.61 Å². The summed E-state index contributed by atoms with van der Waals surface area (Å²) in [6.07, 6.45) is 1.51. The van der Waals surface area contributed by atoms with Crippen molar-refractivity contribution in [3.8, 4) is 0 Å². The van der Waals surface area contributed by atoms with E-state index in [0.717, 1.165) is 24.1 Å². The molecule has 0 fully saturated rings. The first kappa shape index (κ1) is 9.36. The van der Waals surface area contributed by atoms with Gasteiger partial charge in [-0.05, 0) is 36.6 Å². The van der Waals surface area contributed by atoms with Gasteiger partial charge >= 0.3 is 0 Å². The number of nitrogens with two attached hydrogens (primary N) is 1. The summed E-state index contributed by atoms with van der Waals surface area (Å²) in [5.41, 5.74) is 7.44. The van der Waals surface area contributed by atoms with Gasteiger partial charge in [0.05, 0.1) is 0 Å². The van der Waals surface area contributed by atoms with Crippen LogP contribution < -0.4 is 5.73 Å². The average molecular weight is 186 g/mol. The van der Waals surface area contributed by atoms with E-state index in [1.165, 1.54) is 0 Å². The average Bonchev–Trinajstić information content (AvgIpc) is 2.07. The third-order valence-electron chi connectivity index (χ3n) is 1.71. The molecule has 2 nitrogen and oxygen atoms in total. The highest BCUT2D eigenvalue weighted by atomic mass is 35.5. The molecular weight excluding hydrogens is 174 g/mol. The van der Waals surface area contributed by atoms with Crippen LogP contribution in [0.25, 0.3) is 0 Å². The number of aryl methyl sites for hydroxylation is 1. The van der Waals surface area contributed by atoms with Crippen molar-refractivity contribution in [3.63, 3.8) is 0 Å². The Hall–Kier alpha value is -0.730. The maximum absolute atomic E-state index is 8.61. The van der Waals surface area contributed by atoms with Gasteiger partial charge in [-0.3, -0.25) is 0 Å². The van der Waals surface area contributed by atoms with E-state index in [1.807, 2.05) is 6.07 Å². The largest absolute Gasteiger partial charge is 0.399 e. The standard InChI is InChI=1S/C9H12ClNO/c10-8-3-4-9(11)7(6-8)2-1-5-12/h3-4,6,12H,1-2,5,11H2. The molecule has 1 rings (SSSR count). The first-order valence-electron chi connectivity index (χ1n) is 3.89. The van der Waals surface area contributed by atoms with Crippen LogP contribution in [0.4, 0.5) is 5.69 Å². The lowest BCUT2D eigenvalue weighted by atomic mass is 10.1. The fourth-order valence-electron chi connectivity index (χ4n) is 1.06. The number of anilines is 1. The van der Waals surface area contributed by atoms with E-state index in [1.54, 1.807) is 12.1 Å². The molecule has 0 heterocycles. The highest BCUT2D eigenvalue weighted by Gasteiger charge is 1.98. The van der Waals surface area contributed by atoms with Crippen molar-refractivity contribution >= 4 is 17.3 Å². The zero-order chi connectivity index (χ0) is 8.97. The molecule has 1 aromatic carbocycles. The van der Waals surface area contributed by atoms with Crippen LogP contribution in [0.5, 0.6) is 0 Å². The molecular formula is C9H12ClNO. The third kappa shape index (κ3) is 2.40. The molecule has 3 N–H and O–H groups in total. The van der Waals surface area contributed by atoms with Crippen LogP contribution in [0, 0.1) is 0 Å². The lowest BCUT2D eigenvalue weighted by molar-refractivity contribution is 0.288. The normalized spacial score (nSPS) is 10.2. The van der Waals surface area contributed by atoms with E-state index in [9.17, 15) is 0 Å². The summed E-state index contributed by atoms with van der Waals surface area (Å²) in [6, 6.07) is 5.39. The number of aliphatic hydroxyl groups is 1. The highest BCUT2D eigenvalue weighted by Crippen LogP contribution is 2.18. The van der Waals surface area contributed by atoms with Crippen LogP contribution in [-0.2, 0) is 6.42 Å². The van der Waals surface area contributed by atoms with E-state index < -0.39 is 0 Å². The third-order valence-corrected chi connectivity index (χ3v) is 1.94. The minimum absolute atomic E-state index is 0.186. The Bertz CT molecular complexity index is 263. The molecule has 66 valence electrons. The van der Waals surface area contributed by atoms with Gasteiger partial charge in [0.25, 0.3) is 0 Å². The topological polar surface area (TPSA) is 46.2 Å². The van der Waals surface area contributed by atoms with Crippen LogP contribution in [0.2, 0.25) is 5.02 Å². The minimum atomic E-state index is 0.186. The van der Waals surface area contributed by atoms with Crippen LogP contribution in [-0.4, -0.2) is 11.7 Å². The summed E-state index contributed by atoms with van der Waals surface area (Å²) < 4.78 is 0. The van der Waals surface area contributed by atoms with Crippen LogP contribution in [0.15, 0.2) is 18.2 Å². The number of nitrogen functional groups attached to an aromatic ring is 1. The summed E-state index contributed by atoms with van der Waals surface area (Å²) >= 11 is 5.78. The minimum Gasteiger partial charge on any atom is -0.399 e. The van der Waals surface area contributed by atoms with Gasteiger partial charge in [0.15, 0.2) is 0 Å². The van der Waals surface area contributed by atoms with Crippen LogP contribution in [0.3, 0.4) is 0 Å². The molecule has 0 bridgehead atoms. The first-order chi connectivity index (χ1) is 5.74. The zero-order valence-electron chi connectivity index (χ0n) is 6.76. The van der Waals surface area contributed by atoms with Crippen molar-refractivity contribution in [1.82, 2.24) is 0 Å². The van der Waals surface area contributed by atoms with Gasteiger partial charge < -0.3 is 10.8 Å². The number of benzene rings is 1. The molecule has 0 aliphatic carbocycles. The van der Waals surface area contributed by atoms with Crippen molar-refractivity contribution in [2.45, 2.75) is 12.8 Å². The molecule has 0 spiro atoms. The predicted molar refractivity (Wildman–Crippen MR) is 51.3 cm³/mol. The van der Waals surface area contributed by atoms with Crippen LogP contribution >= 0.6 is 11.6 Å². The fraction of sp³-hybridized carbons (Fsp3) is 0.333. The molecule has 3 heteroatoms. The zero-order valence-corrected chi connectivity index (χ0v) is 7.51. The van der Waals surface area contributed by atoms with Crippen molar-refractivity contribution < 1.29 is 5.11 Å². The molecule has 0 radical (unpaired) electrons. The van der Waals surface area contributed by atoms with Gasteiger partial charge in [-0.1, -0.05) is 11.6 Å². The lowest BCUT2D eigenvalue weighted by Crippen LogP contribution is -1.95. The molecule has 0 saturated heterocycles. The quantitative estimate of drug-likeness (QED) is 0.706. The number of hydrogen-bond donors (Lipinski definition) is 2. The Balaban J connectivity index is 2.75. The summed E-state index contributed by atoms with van der Waals surface area (Å²) in [4.78, 5) is 0. The Morgan fingerprint density at radius 3 is 2.83 bits per heavy atom. The maximum Gasteiger partial charge on any atom is 0.0434 e. The molecule has 0 aliphatic heterocycles. The van der Waals surface area contributed by atoms with Crippen molar-refractivity contribution in [2.24, 2.45) is 0 Å². The first-order valence-corrected chi connectivity index (χ1v) is 4.26. The SMILES string of the molecule is Nc1ccc(Cl)cc1CCCO. The van der Waals surface area contributed by atoms with Gasteiger partial charge in [0.2, 0.25) is 0 Å². The Morgan fingerprint density at radius 2 is 2.17 bits per heavy atom. The Labute approximate surface area is 77.0 Å². The van der Waals surface area contributed by atoms with Gasteiger partial charge in [-0.25, -0.2) is 0 Å². The molecule has 0 atom stereocenters. The van der Waals surface area contributed by atoms with Gasteiger partial charge in [0, 0.05) is 17.3 Å². The number of aliphatic hydroxyl groups excluding tert-OH is 1. The van der Waals surface area contributed by atoms with Crippen molar-refractivity contribution in [3.05, 3.63) is 28.8 Å². The van der Waals surface area contributed by atoms with Gasteiger partial charge in [0.1, 0.15) is 0 Å². The molecule has 0 amide bonds. The van der Waals surface area contributed by atoms with E-state index in [0.29, 0.717) is 5.02 Å². The van der Waals surface area contributed by atoms with Crippen molar-refractivity contribution in [1.29, 1.82) is 0 Å². The maximum atomic E-state index is 8.61. The molecule has 0 aromatic heterocycles. The molecule has 0 aliphatic rings. The van der Waals surface area contributed by atoms with E-state index in [2.05, 4.69) is 0 Å². The van der Waals surface area contributed by atoms with Gasteiger partial charge in [-0.15, -0.1) is 0 Å². The molecule has 0 saturated carbocycles. The van der Waals surface area contributed by atoms with E-state index >= 15 is 0 Å². The highest BCUT2D eigenvalue weighted by molar-refractivity contribution is 6.30. The van der Waals surface area contributed by atoms with Crippen LogP contribution in [0.1, 0.15) is 12.0 Å². The summed E-state index contributed by atoms with van der Waals surface area (Å²) in [5, 5.41) is 9.31. The van der Waals surface area contributed by atoms with E-state index in [4.69, 9.17) is 22.4 Å². The summed E-state index contributed by atoms with van der Waals surface area (Å²) in [6.45, 7) is 0.186. The smallest absolute Gasteiger partial charge is 0.0434 e. The summed E-state index contributed by atoms with van der Waals surface area (Å²) in [7, 11) is 0. The molecule has 1 aromatic rings. The number of halogens is 1. The Morgan fingerprint density at radius 1 is 1.42 bits per heavy atom.